The predicted molar refractivity (Wildman–Crippen MR) is 138 cm³/mol. The smallest absolute Gasteiger partial charge is 0.410 e. The summed E-state index contributed by atoms with van der Waals surface area (Å²) in [6, 6.07) is 10.4. The second-order valence-corrected chi connectivity index (χ2v) is 10.5. The maximum absolute atomic E-state index is 12.8. The van der Waals surface area contributed by atoms with E-state index in [0.717, 1.165) is 46.1 Å². The normalized spacial score (nSPS) is 14.8. The van der Waals surface area contributed by atoms with Gasteiger partial charge in [-0.2, -0.15) is 0 Å². The maximum atomic E-state index is 12.8. The highest BCUT2D eigenvalue weighted by atomic mass is 16.6. The quantitative estimate of drug-likeness (QED) is 0.464. The number of hydrogen-bond donors (Lipinski definition) is 0. The van der Waals surface area contributed by atoms with E-state index >= 15 is 0 Å². The largest absolute Gasteiger partial charge is 0.466 e. The Morgan fingerprint density at radius 1 is 1.14 bits per heavy atom. The number of carbonyl (C=O) groups is 2. The first-order valence-corrected chi connectivity index (χ1v) is 12.6. The molecule has 1 amide bonds. The van der Waals surface area contributed by atoms with E-state index in [1.54, 1.807) is 9.58 Å². The molecule has 8 heteroatoms. The summed E-state index contributed by atoms with van der Waals surface area (Å²) in [6.07, 6.45) is 1.69. The molecule has 0 radical (unpaired) electrons. The molecule has 36 heavy (non-hydrogen) atoms. The number of fused-ring (bicyclic) bond motifs is 2. The Morgan fingerprint density at radius 2 is 1.92 bits per heavy atom. The van der Waals surface area contributed by atoms with Gasteiger partial charge in [-0.05, 0) is 81.3 Å². The highest BCUT2D eigenvalue weighted by Gasteiger charge is 2.27. The number of ether oxygens (including phenoxy) is 2. The molecule has 0 spiro atoms. The van der Waals surface area contributed by atoms with Crippen LogP contribution < -0.4 is 0 Å². The summed E-state index contributed by atoms with van der Waals surface area (Å²) in [4.78, 5) is 27.3. The monoisotopic (exact) mass is 492 g/mol. The lowest BCUT2D eigenvalue weighted by Gasteiger charge is -2.27. The van der Waals surface area contributed by atoms with Gasteiger partial charge < -0.3 is 14.4 Å². The molecule has 0 saturated carbocycles. The van der Waals surface area contributed by atoms with Crippen LogP contribution in [-0.2, 0) is 34.3 Å². The first kappa shape index (κ1) is 25.7. The van der Waals surface area contributed by atoms with Crippen molar-refractivity contribution >= 4 is 23.1 Å². The van der Waals surface area contributed by atoms with Gasteiger partial charge in [-0.15, -0.1) is 5.10 Å². The van der Waals surface area contributed by atoms with Gasteiger partial charge in [0.1, 0.15) is 11.1 Å². The predicted octanol–water partition coefficient (Wildman–Crippen LogP) is 5.05. The Morgan fingerprint density at radius 3 is 2.64 bits per heavy atom. The van der Waals surface area contributed by atoms with E-state index in [9.17, 15) is 9.59 Å². The maximum Gasteiger partial charge on any atom is 0.410 e. The van der Waals surface area contributed by atoms with Crippen molar-refractivity contribution in [3.63, 3.8) is 0 Å². The van der Waals surface area contributed by atoms with Crippen molar-refractivity contribution in [1.82, 2.24) is 19.9 Å². The zero-order chi connectivity index (χ0) is 26.0. The molecule has 1 aliphatic heterocycles. The lowest BCUT2D eigenvalue weighted by molar-refractivity contribution is -0.143. The van der Waals surface area contributed by atoms with Crippen LogP contribution in [0.3, 0.4) is 0 Å². The fraction of sp³-hybridized carbons (Fsp3) is 0.500. The van der Waals surface area contributed by atoms with Gasteiger partial charge in [0, 0.05) is 26.1 Å². The number of benzene rings is 2. The molecule has 4 rings (SSSR count). The van der Waals surface area contributed by atoms with E-state index in [2.05, 4.69) is 34.6 Å². The minimum absolute atomic E-state index is 0.209. The van der Waals surface area contributed by atoms with Gasteiger partial charge in [0.05, 0.1) is 18.5 Å². The molecular weight excluding hydrogens is 456 g/mol. The van der Waals surface area contributed by atoms with Gasteiger partial charge in [0.2, 0.25) is 0 Å². The third-order valence-electron chi connectivity index (χ3n) is 6.65. The summed E-state index contributed by atoms with van der Waals surface area (Å²) in [6.45, 7) is 10.9. The topological polar surface area (TPSA) is 86.6 Å². The van der Waals surface area contributed by atoms with Crippen LogP contribution in [0.15, 0.2) is 30.3 Å². The van der Waals surface area contributed by atoms with Crippen molar-refractivity contribution in [2.45, 2.75) is 71.9 Å². The molecule has 0 aliphatic carbocycles. The third-order valence-corrected chi connectivity index (χ3v) is 6.65. The minimum atomic E-state index is -0.546. The number of esters is 1. The van der Waals surface area contributed by atoms with E-state index < -0.39 is 5.60 Å². The second-order valence-electron chi connectivity index (χ2n) is 10.5. The van der Waals surface area contributed by atoms with Gasteiger partial charge in [-0.1, -0.05) is 29.5 Å². The number of carbonyl (C=O) groups excluding carboxylic acids is 2. The summed E-state index contributed by atoms with van der Waals surface area (Å²) in [5.74, 6) is -0.453. The Balaban J connectivity index is 1.72. The number of nitrogens with zero attached hydrogens (tertiary/aromatic N) is 4. The molecule has 2 heterocycles. The summed E-state index contributed by atoms with van der Waals surface area (Å²) in [7, 11) is 1.87. The van der Waals surface area contributed by atoms with E-state index in [0.29, 0.717) is 19.7 Å². The lowest BCUT2D eigenvalue weighted by Crippen LogP contribution is -2.36. The second kappa shape index (κ2) is 10.3. The molecule has 1 atom stereocenters. The lowest BCUT2D eigenvalue weighted by atomic mass is 9.84. The number of rotatable bonds is 5. The van der Waals surface area contributed by atoms with Crippen LogP contribution >= 0.6 is 0 Å². The van der Waals surface area contributed by atoms with Crippen LogP contribution in [0.4, 0.5) is 4.79 Å². The molecule has 0 saturated heterocycles. The Kier molecular flexibility index (Phi) is 7.33. The van der Waals surface area contributed by atoms with Gasteiger partial charge in [-0.25, -0.2) is 9.48 Å². The van der Waals surface area contributed by atoms with Gasteiger partial charge in [0.15, 0.2) is 0 Å². The van der Waals surface area contributed by atoms with Crippen LogP contribution in [0.2, 0.25) is 0 Å². The van der Waals surface area contributed by atoms with Crippen LogP contribution in [-0.4, -0.2) is 50.7 Å². The third kappa shape index (κ3) is 5.53. The fourth-order valence-electron chi connectivity index (χ4n) is 4.90. The number of aromatic nitrogens is 3. The van der Waals surface area contributed by atoms with Crippen molar-refractivity contribution in [3.05, 3.63) is 58.1 Å². The molecule has 8 nitrogen and oxygen atoms in total. The van der Waals surface area contributed by atoms with Crippen molar-refractivity contribution in [2.24, 2.45) is 7.05 Å². The Hall–Kier alpha value is -3.42. The van der Waals surface area contributed by atoms with E-state index in [4.69, 9.17) is 9.47 Å². The van der Waals surface area contributed by atoms with Crippen LogP contribution in [0.1, 0.15) is 74.3 Å². The van der Waals surface area contributed by atoms with Crippen LogP contribution in [0.5, 0.6) is 0 Å². The Labute approximate surface area is 212 Å². The summed E-state index contributed by atoms with van der Waals surface area (Å²) >= 11 is 0. The molecule has 0 bridgehead atoms. The average molecular weight is 493 g/mol. The molecule has 0 fully saturated rings. The van der Waals surface area contributed by atoms with Crippen molar-refractivity contribution in [3.8, 4) is 0 Å². The van der Waals surface area contributed by atoms with Gasteiger partial charge in [-0.3, -0.25) is 4.79 Å². The molecule has 0 N–H and O–H groups in total. The summed E-state index contributed by atoms with van der Waals surface area (Å²) in [5.41, 5.74) is 6.57. The van der Waals surface area contributed by atoms with Crippen molar-refractivity contribution < 1.29 is 19.1 Å². The summed E-state index contributed by atoms with van der Waals surface area (Å²) < 4.78 is 12.7. The molecule has 1 unspecified atom stereocenters. The van der Waals surface area contributed by atoms with Gasteiger partial charge in [0.25, 0.3) is 0 Å². The van der Waals surface area contributed by atoms with E-state index in [-0.39, 0.29) is 24.4 Å². The highest BCUT2D eigenvalue weighted by Crippen LogP contribution is 2.35. The SMILES string of the molecule is CCOC(=O)CC(c1ccc2c(c1)CN(C(=O)OC(C)(C)C)CCC2)c1ccc2c(nnn2C)c1C. The zero-order valence-electron chi connectivity index (χ0n) is 22.1. The van der Waals surface area contributed by atoms with Crippen molar-refractivity contribution in [1.29, 1.82) is 0 Å². The Bertz CT molecular complexity index is 1270. The fourth-order valence-corrected chi connectivity index (χ4v) is 4.90. The minimum Gasteiger partial charge on any atom is -0.466 e. The number of aryl methyl sites for hydroxylation is 3. The molecule has 2 aromatic carbocycles. The van der Waals surface area contributed by atoms with Gasteiger partial charge >= 0.3 is 12.1 Å². The summed E-state index contributed by atoms with van der Waals surface area (Å²) in [5, 5.41) is 8.51. The first-order valence-electron chi connectivity index (χ1n) is 12.6. The number of amides is 1. The first-order chi connectivity index (χ1) is 17.1. The molecular formula is C28H36N4O4. The molecule has 1 aliphatic rings. The zero-order valence-corrected chi connectivity index (χ0v) is 22.1. The van der Waals surface area contributed by atoms with E-state index in [1.165, 1.54) is 5.56 Å². The average Bonchev–Trinajstić information content (AvgIpc) is 3.05. The van der Waals surface area contributed by atoms with E-state index in [1.807, 2.05) is 47.7 Å². The number of hydrogen-bond acceptors (Lipinski definition) is 6. The molecule has 1 aromatic heterocycles. The van der Waals surface area contributed by atoms with Crippen molar-refractivity contribution in [2.75, 3.05) is 13.2 Å². The van der Waals surface area contributed by atoms with Crippen LogP contribution in [0.25, 0.3) is 11.0 Å². The highest BCUT2D eigenvalue weighted by molar-refractivity contribution is 5.80. The van der Waals surface area contributed by atoms with Crippen LogP contribution in [0, 0.1) is 6.92 Å². The molecule has 192 valence electrons. The molecule has 3 aromatic rings. The standard InChI is InChI=1S/C28H36N4O4/c1-7-35-25(33)16-23(22-12-13-24-26(18(22)2)29-30-31(24)6)20-11-10-19-9-8-14-32(17-21(19)15-20)27(34)36-28(3,4)5/h10-13,15,23H,7-9,14,16-17H2,1-6H3.